The number of aliphatic hydroxyl groups excluding tert-OH is 1. The molecule has 0 aliphatic heterocycles. The van der Waals surface area contributed by atoms with E-state index in [-0.39, 0.29) is 25.2 Å². The van der Waals surface area contributed by atoms with Gasteiger partial charge in [-0.3, -0.25) is 10.1 Å². The first-order valence-corrected chi connectivity index (χ1v) is 14.9. The van der Waals surface area contributed by atoms with Crippen LogP contribution in [0.25, 0.3) is 0 Å². The number of esters is 1. The second kappa shape index (κ2) is 17.2. The maximum Gasteiger partial charge on any atom is 0.409 e. The van der Waals surface area contributed by atoms with Crippen LogP contribution in [0.15, 0.2) is 60.7 Å². The Morgan fingerprint density at radius 3 is 1.98 bits per heavy atom. The van der Waals surface area contributed by atoms with E-state index in [0.29, 0.717) is 6.42 Å². The van der Waals surface area contributed by atoms with Gasteiger partial charge >= 0.3 is 18.1 Å². The van der Waals surface area contributed by atoms with Crippen molar-refractivity contribution in [3.8, 4) is 0 Å². The van der Waals surface area contributed by atoms with Crippen molar-refractivity contribution in [1.82, 2.24) is 20.9 Å². The summed E-state index contributed by atoms with van der Waals surface area (Å²) in [5, 5.41) is 19.5. The minimum atomic E-state index is -1.42. The summed E-state index contributed by atoms with van der Waals surface area (Å²) >= 11 is 0. The molecule has 2 rings (SSSR count). The Labute approximate surface area is 260 Å². The van der Waals surface area contributed by atoms with Crippen LogP contribution in [0.1, 0.15) is 58.6 Å². The number of methoxy groups -OCH3 is 1. The molecule has 11 nitrogen and oxygen atoms in total. The first-order chi connectivity index (χ1) is 20.7. The molecule has 2 aromatic rings. The minimum absolute atomic E-state index is 0.0194. The number of benzene rings is 2. The molecule has 44 heavy (non-hydrogen) atoms. The van der Waals surface area contributed by atoms with Crippen molar-refractivity contribution >= 4 is 24.0 Å². The van der Waals surface area contributed by atoms with Crippen molar-refractivity contribution in [3.63, 3.8) is 0 Å². The zero-order valence-corrected chi connectivity index (χ0v) is 26.8. The second-order valence-corrected chi connectivity index (χ2v) is 12.1. The quantitative estimate of drug-likeness (QED) is 0.188. The highest BCUT2D eigenvalue weighted by Gasteiger charge is 2.43. The number of hydrogen-bond donors (Lipinski definition) is 4. The molecule has 0 radical (unpaired) electrons. The predicted molar refractivity (Wildman–Crippen MR) is 168 cm³/mol. The number of urea groups is 1. The molecule has 0 fully saturated rings. The van der Waals surface area contributed by atoms with Gasteiger partial charge in [-0.2, -0.15) is 0 Å². The topological polar surface area (TPSA) is 146 Å². The van der Waals surface area contributed by atoms with Crippen molar-refractivity contribution in [1.29, 1.82) is 0 Å². The summed E-state index contributed by atoms with van der Waals surface area (Å²) in [5.41, 5.74) is 0.772. The van der Waals surface area contributed by atoms with Gasteiger partial charge in [0, 0.05) is 13.5 Å². The number of aliphatic hydroxyl groups is 1. The normalized spacial score (nSPS) is 14.0. The third kappa shape index (κ3) is 11.9. The van der Waals surface area contributed by atoms with E-state index >= 15 is 0 Å². The van der Waals surface area contributed by atoms with Crippen molar-refractivity contribution < 1.29 is 33.8 Å². The Morgan fingerprint density at radius 2 is 1.48 bits per heavy atom. The average molecular weight is 613 g/mol. The summed E-state index contributed by atoms with van der Waals surface area (Å²) in [7, 11) is 2.64. The number of carbonyl (C=O) groups is 4. The molecule has 4 amide bonds. The van der Waals surface area contributed by atoms with E-state index < -0.39 is 54.0 Å². The zero-order valence-electron chi connectivity index (χ0n) is 26.8. The Morgan fingerprint density at radius 1 is 0.909 bits per heavy atom. The molecule has 2 aromatic carbocycles. The highest BCUT2D eigenvalue weighted by atomic mass is 16.6. The third-order valence-electron chi connectivity index (χ3n) is 6.77. The number of hydrogen-bond acceptors (Lipinski definition) is 7. The molecule has 0 saturated carbocycles. The van der Waals surface area contributed by atoms with Gasteiger partial charge in [0.2, 0.25) is 5.91 Å². The lowest BCUT2D eigenvalue weighted by Gasteiger charge is -2.41. The van der Waals surface area contributed by atoms with E-state index in [2.05, 4.69) is 16.0 Å². The summed E-state index contributed by atoms with van der Waals surface area (Å²) in [4.78, 5) is 54.8. The largest absolute Gasteiger partial charge is 0.467 e. The number of nitrogens with zero attached hydrogens (tertiary/aromatic N) is 1. The molecule has 1 unspecified atom stereocenters. The maximum atomic E-state index is 14.5. The highest BCUT2D eigenvalue weighted by molar-refractivity contribution is 5.91. The van der Waals surface area contributed by atoms with Crippen molar-refractivity contribution in [2.24, 2.45) is 5.92 Å². The van der Waals surface area contributed by atoms with Gasteiger partial charge in [0.1, 0.15) is 23.9 Å². The van der Waals surface area contributed by atoms with Gasteiger partial charge < -0.3 is 30.1 Å². The van der Waals surface area contributed by atoms with Gasteiger partial charge in [0.05, 0.1) is 13.2 Å². The van der Waals surface area contributed by atoms with Crippen molar-refractivity contribution in [2.75, 3.05) is 14.2 Å². The minimum Gasteiger partial charge on any atom is -0.467 e. The third-order valence-corrected chi connectivity index (χ3v) is 6.77. The lowest BCUT2D eigenvalue weighted by molar-refractivity contribution is -0.159. The first-order valence-electron chi connectivity index (χ1n) is 14.9. The van der Waals surface area contributed by atoms with Crippen LogP contribution in [0, 0.1) is 5.92 Å². The molecule has 242 valence electrons. The summed E-state index contributed by atoms with van der Waals surface area (Å²) in [5.74, 6) is -1.46. The Hall–Kier alpha value is -4.12. The maximum absolute atomic E-state index is 14.5. The summed E-state index contributed by atoms with van der Waals surface area (Å²) in [6, 6.07) is 15.5. The van der Waals surface area contributed by atoms with Gasteiger partial charge in [-0.25, -0.2) is 14.4 Å². The smallest absolute Gasteiger partial charge is 0.409 e. The molecule has 0 aliphatic rings. The van der Waals surface area contributed by atoms with Crippen LogP contribution in [0.2, 0.25) is 0 Å². The number of amides is 4. The van der Waals surface area contributed by atoms with Gasteiger partial charge in [0.15, 0.2) is 0 Å². The Kier molecular flexibility index (Phi) is 14.1. The molecule has 4 atom stereocenters. The second-order valence-electron chi connectivity index (χ2n) is 12.1. The first kappa shape index (κ1) is 36.1. The van der Waals surface area contributed by atoms with Crippen LogP contribution in [-0.2, 0) is 31.9 Å². The van der Waals surface area contributed by atoms with E-state index in [9.17, 15) is 24.3 Å². The van der Waals surface area contributed by atoms with Gasteiger partial charge in [-0.15, -0.1) is 0 Å². The van der Waals surface area contributed by atoms with E-state index in [1.54, 1.807) is 45.0 Å². The molecular formula is C33H48N4O7. The SMILES string of the molecule is CNC(=O)N[C@@H](CC(C)C)C(=O)N(C(NC(=O)OC(C)(C)C)[C@@H](O)CCc1ccccc1)[C@@H](Cc1ccccc1)C(=O)OC. The standard InChI is InChI=1S/C33H48N4O7/c1-22(2)20-25(35-31(41)34-6)29(39)37(26(30(40)43-7)21-24-16-12-9-13-17-24)28(36-32(42)44-33(3,4)5)27(38)19-18-23-14-10-8-11-15-23/h8-17,22,25-28,38H,18-21H2,1-7H3,(H,36,42)(H2,34,35,41)/t25-,26-,27-,28?/m0/s1. The number of alkyl carbamates (subject to hydrolysis) is 1. The predicted octanol–water partition coefficient (Wildman–Crippen LogP) is 3.79. The van der Waals surface area contributed by atoms with Crippen LogP contribution >= 0.6 is 0 Å². The fraction of sp³-hybridized carbons (Fsp3) is 0.515. The van der Waals surface area contributed by atoms with E-state index in [1.807, 2.05) is 50.2 Å². The van der Waals surface area contributed by atoms with Gasteiger partial charge in [-0.1, -0.05) is 74.5 Å². The lowest BCUT2D eigenvalue weighted by Crippen LogP contribution is -2.66. The molecule has 0 heterocycles. The molecule has 0 bridgehead atoms. The van der Waals surface area contributed by atoms with Crippen LogP contribution in [0.4, 0.5) is 9.59 Å². The van der Waals surface area contributed by atoms with E-state index in [4.69, 9.17) is 9.47 Å². The molecule has 0 aliphatic carbocycles. The summed E-state index contributed by atoms with van der Waals surface area (Å²) in [6.45, 7) is 8.85. The number of aryl methyl sites for hydroxylation is 1. The van der Waals surface area contributed by atoms with Crippen LogP contribution in [-0.4, -0.2) is 78.1 Å². The highest BCUT2D eigenvalue weighted by Crippen LogP contribution is 2.22. The monoisotopic (exact) mass is 612 g/mol. The average Bonchev–Trinajstić information content (AvgIpc) is 2.97. The van der Waals surface area contributed by atoms with Crippen LogP contribution < -0.4 is 16.0 Å². The van der Waals surface area contributed by atoms with Crippen molar-refractivity contribution in [3.05, 3.63) is 71.8 Å². The number of rotatable bonds is 14. The Balaban J connectivity index is 2.69. The summed E-state index contributed by atoms with van der Waals surface area (Å²) in [6.07, 6.45) is -2.85. The fourth-order valence-corrected chi connectivity index (χ4v) is 4.75. The zero-order chi connectivity index (χ0) is 32.9. The van der Waals surface area contributed by atoms with Crippen LogP contribution in [0.3, 0.4) is 0 Å². The van der Waals surface area contributed by atoms with E-state index in [0.717, 1.165) is 16.0 Å². The van der Waals surface area contributed by atoms with Crippen LogP contribution in [0.5, 0.6) is 0 Å². The Bertz CT molecular complexity index is 1200. The van der Waals surface area contributed by atoms with Gasteiger partial charge in [0.25, 0.3) is 0 Å². The molecule has 4 N–H and O–H groups in total. The fourth-order valence-electron chi connectivity index (χ4n) is 4.75. The van der Waals surface area contributed by atoms with Gasteiger partial charge in [-0.05, 0) is 57.1 Å². The number of nitrogens with one attached hydrogen (secondary N) is 3. The number of ether oxygens (including phenoxy) is 2. The van der Waals surface area contributed by atoms with E-state index in [1.165, 1.54) is 14.2 Å². The summed E-state index contributed by atoms with van der Waals surface area (Å²) < 4.78 is 10.7. The molecular weight excluding hydrogens is 564 g/mol. The molecule has 11 heteroatoms. The molecule has 0 saturated heterocycles. The lowest BCUT2D eigenvalue weighted by atomic mass is 9.97. The molecule has 0 aromatic heterocycles. The number of carbonyl (C=O) groups excluding carboxylic acids is 4. The van der Waals surface area contributed by atoms with Crippen molar-refractivity contribution in [2.45, 2.75) is 90.3 Å². The molecule has 0 spiro atoms.